The number of aromatic nitrogens is 1. The fourth-order valence-corrected chi connectivity index (χ4v) is 3.07. The Morgan fingerprint density at radius 2 is 2.05 bits per heavy atom. The first-order valence-electron chi connectivity index (χ1n) is 7.91. The number of aliphatic carboxylic acids is 1. The number of aryl methyl sites for hydroxylation is 1. The fourth-order valence-electron chi connectivity index (χ4n) is 3.07. The highest BCUT2D eigenvalue weighted by atomic mass is 16.4. The lowest BCUT2D eigenvalue weighted by Gasteiger charge is -2.37. The highest BCUT2D eigenvalue weighted by molar-refractivity contribution is 5.88. The summed E-state index contributed by atoms with van der Waals surface area (Å²) in [6.45, 7) is 4.01. The topological polar surface area (TPSA) is 79.3 Å². The lowest BCUT2D eigenvalue weighted by Crippen LogP contribution is -2.56. The molecule has 2 rings (SSSR count). The molecule has 22 heavy (non-hydrogen) atoms. The smallest absolute Gasteiger partial charge is 0.329 e. The Labute approximate surface area is 131 Å². The minimum Gasteiger partial charge on any atom is -0.480 e. The molecule has 0 radical (unpaired) electrons. The standard InChI is InChI=1S/C17H24N2O3/c1-3-13-6-8-17(9-7-13,16(21)22)19-15(20)10-14-5-4-12(2)18-11-14/h4-5,11,13H,3,6-10H2,1-2H3,(H,19,20)(H,21,22). The second kappa shape index (κ2) is 6.90. The van der Waals surface area contributed by atoms with Crippen molar-refractivity contribution in [3.8, 4) is 0 Å². The van der Waals surface area contributed by atoms with E-state index in [4.69, 9.17) is 0 Å². The van der Waals surface area contributed by atoms with E-state index in [0.717, 1.165) is 30.5 Å². The summed E-state index contributed by atoms with van der Waals surface area (Å²) < 4.78 is 0. The Balaban J connectivity index is 2.00. The van der Waals surface area contributed by atoms with Crippen molar-refractivity contribution in [3.05, 3.63) is 29.6 Å². The molecule has 0 atom stereocenters. The van der Waals surface area contributed by atoms with E-state index in [1.807, 2.05) is 19.1 Å². The molecule has 1 aromatic heterocycles. The molecule has 0 aromatic carbocycles. The summed E-state index contributed by atoms with van der Waals surface area (Å²) in [5, 5.41) is 12.3. The van der Waals surface area contributed by atoms with Gasteiger partial charge in [-0.15, -0.1) is 0 Å². The highest BCUT2D eigenvalue weighted by Gasteiger charge is 2.42. The summed E-state index contributed by atoms with van der Waals surface area (Å²) in [7, 11) is 0. The van der Waals surface area contributed by atoms with Crippen LogP contribution < -0.4 is 5.32 Å². The van der Waals surface area contributed by atoms with Crippen LogP contribution in [0.3, 0.4) is 0 Å². The van der Waals surface area contributed by atoms with E-state index in [1.54, 1.807) is 6.20 Å². The van der Waals surface area contributed by atoms with Gasteiger partial charge in [-0.25, -0.2) is 4.79 Å². The maximum atomic E-state index is 12.2. The monoisotopic (exact) mass is 304 g/mol. The SMILES string of the molecule is CCC1CCC(NC(=O)Cc2ccc(C)nc2)(C(=O)O)CC1. The molecule has 0 bridgehead atoms. The summed E-state index contributed by atoms with van der Waals surface area (Å²) in [5.41, 5.74) is 0.593. The van der Waals surface area contributed by atoms with Crippen LogP contribution in [0.1, 0.15) is 50.3 Å². The zero-order valence-corrected chi connectivity index (χ0v) is 13.3. The third kappa shape index (κ3) is 3.84. The van der Waals surface area contributed by atoms with E-state index in [9.17, 15) is 14.7 Å². The Kier molecular flexibility index (Phi) is 5.16. The van der Waals surface area contributed by atoms with Gasteiger partial charge in [0.15, 0.2) is 0 Å². The Bertz CT molecular complexity index is 531. The number of carboxylic acid groups (broad SMARTS) is 1. The van der Waals surface area contributed by atoms with Crippen molar-refractivity contribution in [2.75, 3.05) is 0 Å². The first-order chi connectivity index (χ1) is 10.4. The molecule has 1 aromatic rings. The number of rotatable bonds is 5. The summed E-state index contributed by atoms with van der Waals surface area (Å²) in [5.74, 6) is -0.592. The molecule has 2 N–H and O–H groups in total. The van der Waals surface area contributed by atoms with Crippen molar-refractivity contribution in [1.82, 2.24) is 10.3 Å². The van der Waals surface area contributed by atoms with Gasteiger partial charge in [0.05, 0.1) is 6.42 Å². The van der Waals surface area contributed by atoms with E-state index in [-0.39, 0.29) is 12.3 Å². The quantitative estimate of drug-likeness (QED) is 0.876. The van der Waals surface area contributed by atoms with Crippen molar-refractivity contribution in [2.24, 2.45) is 5.92 Å². The van der Waals surface area contributed by atoms with Crippen LogP contribution in [0.2, 0.25) is 0 Å². The predicted molar refractivity (Wildman–Crippen MR) is 83.4 cm³/mol. The van der Waals surface area contributed by atoms with Crippen LogP contribution in [0.25, 0.3) is 0 Å². The van der Waals surface area contributed by atoms with Gasteiger partial charge in [-0.05, 0) is 50.2 Å². The maximum absolute atomic E-state index is 12.2. The molecule has 1 fully saturated rings. The summed E-state index contributed by atoms with van der Waals surface area (Å²) >= 11 is 0. The van der Waals surface area contributed by atoms with Crippen LogP contribution in [0.4, 0.5) is 0 Å². The normalized spacial score (nSPS) is 24.7. The van der Waals surface area contributed by atoms with Crippen LogP contribution in [-0.4, -0.2) is 27.5 Å². The zero-order chi connectivity index (χ0) is 16.2. The molecule has 1 saturated carbocycles. The van der Waals surface area contributed by atoms with Gasteiger partial charge in [0, 0.05) is 11.9 Å². The molecule has 0 spiro atoms. The fraction of sp³-hybridized carbons (Fsp3) is 0.588. The minimum atomic E-state index is -1.10. The number of hydrogen-bond acceptors (Lipinski definition) is 3. The second-order valence-electron chi connectivity index (χ2n) is 6.27. The highest BCUT2D eigenvalue weighted by Crippen LogP contribution is 2.34. The Hall–Kier alpha value is -1.91. The number of carbonyl (C=O) groups excluding carboxylic acids is 1. The van der Waals surface area contributed by atoms with Gasteiger partial charge in [0.25, 0.3) is 0 Å². The van der Waals surface area contributed by atoms with Crippen molar-refractivity contribution in [1.29, 1.82) is 0 Å². The Morgan fingerprint density at radius 1 is 1.36 bits per heavy atom. The Morgan fingerprint density at radius 3 is 2.55 bits per heavy atom. The van der Waals surface area contributed by atoms with E-state index in [1.165, 1.54) is 0 Å². The van der Waals surface area contributed by atoms with E-state index < -0.39 is 11.5 Å². The first-order valence-corrected chi connectivity index (χ1v) is 7.91. The number of hydrogen-bond donors (Lipinski definition) is 2. The van der Waals surface area contributed by atoms with Crippen molar-refractivity contribution >= 4 is 11.9 Å². The van der Waals surface area contributed by atoms with Crippen LogP contribution in [-0.2, 0) is 16.0 Å². The average molecular weight is 304 g/mol. The number of amides is 1. The third-order valence-corrected chi connectivity index (χ3v) is 4.66. The summed E-state index contributed by atoms with van der Waals surface area (Å²) in [6.07, 6.45) is 5.64. The largest absolute Gasteiger partial charge is 0.480 e. The zero-order valence-electron chi connectivity index (χ0n) is 13.3. The lowest BCUT2D eigenvalue weighted by molar-refractivity contribution is -0.149. The molecule has 5 heteroatoms. The molecule has 1 aliphatic rings. The molecule has 5 nitrogen and oxygen atoms in total. The van der Waals surface area contributed by atoms with Gasteiger partial charge in [-0.2, -0.15) is 0 Å². The van der Waals surface area contributed by atoms with E-state index in [2.05, 4.69) is 17.2 Å². The second-order valence-corrected chi connectivity index (χ2v) is 6.27. The number of carboxylic acids is 1. The van der Waals surface area contributed by atoms with Crippen LogP contribution in [0.15, 0.2) is 18.3 Å². The molecular weight excluding hydrogens is 280 g/mol. The van der Waals surface area contributed by atoms with Crippen LogP contribution >= 0.6 is 0 Å². The predicted octanol–water partition coefficient (Wildman–Crippen LogP) is 2.47. The molecule has 0 saturated heterocycles. The molecule has 1 amide bonds. The van der Waals surface area contributed by atoms with Gasteiger partial charge < -0.3 is 10.4 Å². The average Bonchev–Trinajstić information content (AvgIpc) is 2.50. The van der Waals surface area contributed by atoms with Gasteiger partial charge in [-0.1, -0.05) is 19.4 Å². The number of nitrogens with zero attached hydrogens (tertiary/aromatic N) is 1. The molecular formula is C17H24N2O3. The summed E-state index contributed by atoms with van der Waals surface area (Å²) in [4.78, 5) is 28.1. The van der Waals surface area contributed by atoms with Gasteiger partial charge in [0.2, 0.25) is 5.91 Å². The maximum Gasteiger partial charge on any atom is 0.329 e. The first kappa shape index (κ1) is 16.5. The van der Waals surface area contributed by atoms with E-state index >= 15 is 0 Å². The van der Waals surface area contributed by atoms with Crippen molar-refractivity contribution in [3.63, 3.8) is 0 Å². The molecule has 1 heterocycles. The van der Waals surface area contributed by atoms with Crippen LogP contribution in [0.5, 0.6) is 0 Å². The summed E-state index contributed by atoms with van der Waals surface area (Å²) in [6, 6.07) is 3.70. The minimum absolute atomic E-state index is 0.166. The van der Waals surface area contributed by atoms with Gasteiger partial charge in [0.1, 0.15) is 5.54 Å². The third-order valence-electron chi connectivity index (χ3n) is 4.66. The van der Waals surface area contributed by atoms with E-state index in [0.29, 0.717) is 18.8 Å². The van der Waals surface area contributed by atoms with Crippen LogP contribution in [0, 0.1) is 12.8 Å². The number of pyridine rings is 1. The number of carbonyl (C=O) groups is 2. The number of nitrogens with one attached hydrogen (secondary N) is 1. The van der Waals surface area contributed by atoms with Crippen molar-refractivity contribution < 1.29 is 14.7 Å². The molecule has 120 valence electrons. The molecule has 1 aliphatic carbocycles. The molecule has 0 aliphatic heterocycles. The van der Waals surface area contributed by atoms with Gasteiger partial charge in [-0.3, -0.25) is 9.78 Å². The lowest BCUT2D eigenvalue weighted by atomic mass is 9.75. The molecule has 0 unspecified atom stereocenters. The van der Waals surface area contributed by atoms with Crippen molar-refractivity contribution in [2.45, 2.75) is 57.9 Å². The van der Waals surface area contributed by atoms with Gasteiger partial charge >= 0.3 is 5.97 Å².